The fourth-order valence-corrected chi connectivity index (χ4v) is 3.72. The Balaban J connectivity index is 1.60. The highest BCUT2D eigenvalue weighted by atomic mass is 16.5. The summed E-state index contributed by atoms with van der Waals surface area (Å²) in [6, 6.07) is 25.2. The van der Waals surface area contributed by atoms with E-state index in [4.69, 9.17) is 9.26 Å². The molecule has 0 atom stereocenters. The maximum atomic E-state index is 13.3. The number of methoxy groups -OCH3 is 1. The number of aromatic nitrogens is 1. The number of carbonyl (C=O) groups excluding carboxylic acids is 1. The van der Waals surface area contributed by atoms with Crippen LogP contribution in [0.2, 0.25) is 0 Å². The molecule has 0 saturated heterocycles. The number of amides is 1. The average molecular weight is 427 g/mol. The molecule has 5 heteroatoms. The van der Waals surface area contributed by atoms with E-state index in [0.717, 1.165) is 16.7 Å². The molecule has 4 aromatic rings. The van der Waals surface area contributed by atoms with Gasteiger partial charge in [-0.3, -0.25) is 4.79 Å². The highest BCUT2D eigenvalue weighted by Gasteiger charge is 2.19. The first-order chi connectivity index (χ1) is 15.5. The van der Waals surface area contributed by atoms with E-state index < -0.39 is 0 Å². The molecule has 0 fully saturated rings. The van der Waals surface area contributed by atoms with Gasteiger partial charge in [0.1, 0.15) is 11.4 Å². The number of ether oxygens (including phenoxy) is 1. The summed E-state index contributed by atoms with van der Waals surface area (Å²) in [5.74, 6) is 1.34. The van der Waals surface area contributed by atoms with Gasteiger partial charge in [0.2, 0.25) is 0 Å². The molecule has 32 heavy (non-hydrogen) atoms. The molecular formula is C27H26N2O3. The Hall–Kier alpha value is -3.86. The minimum atomic E-state index is -0.0763. The normalized spacial score (nSPS) is 10.7. The lowest BCUT2D eigenvalue weighted by Crippen LogP contribution is -2.30. The Morgan fingerprint density at radius 3 is 2.38 bits per heavy atom. The van der Waals surface area contributed by atoms with E-state index in [1.165, 1.54) is 5.56 Å². The summed E-state index contributed by atoms with van der Waals surface area (Å²) < 4.78 is 10.8. The van der Waals surface area contributed by atoms with Gasteiger partial charge < -0.3 is 14.2 Å². The van der Waals surface area contributed by atoms with Gasteiger partial charge in [-0.15, -0.1) is 0 Å². The van der Waals surface area contributed by atoms with Crippen molar-refractivity contribution in [3.8, 4) is 17.1 Å². The van der Waals surface area contributed by atoms with Crippen molar-refractivity contribution in [2.24, 2.45) is 0 Å². The van der Waals surface area contributed by atoms with Gasteiger partial charge >= 0.3 is 0 Å². The molecule has 0 radical (unpaired) electrons. The van der Waals surface area contributed by atoms with Crippen LogP contribution in [0.1, 0.15) is 32.7 Å². The van der Waals surface area contributed by atoms with Crippen LogP contribution in [0.5, 0.6) is 5.75 Å². The predicted octanol–water partition coefficient (Wildman–Crippen LogP) is 5.81. The zero-order valence-electron chi connectivity index (χ0n) is 18.5. The summed E-state index contributed by atoms with van der Waals surface area (Å²) in [7, 11) is 1.61. The molecule has 3 aromatic carbocycles. The summed E-state index contributed by atoms with van der Waals surface area (Å²) in [4.78, 5) is 15.1. The molecule has 162 valence electrons. The number of hydrogen-bond acceptors (Lipinski definition) is 4. The minimum absolute atomic E-state index is 0.0763. The molecule has 0 saturated carbocycles. The van der Waals surface area contributed by atoms with E-state index in [0.29, 0.717) is 35.9 Å². The van der Waals surface area contributed by atoms with E-state index in [-0.39, 0.29) is 5.91 Å². The monoisotopic (exact) mass is 426 g/mol. The van der Waals surface area contributed by atoms with Gasteiger partial charge in [0.05, 0.1) is 13.7 Å². The lowest BCUT2D eigenvalue weighted by Gasteiger charge is -2.22. The molecule has 0 aliphatic carbocycles. The molecule has 0 bridgehead atoms. The van der Waals surface area contributed by atoms with Crippen LogP contribution < -0.4 is 4.74 Å². The third-order valence-electron chi connectivity index (χ3n) is 5.40. The molecule has 0 N–H and O–H groups in total. The fourth-order valence-electron chi connectivity index (χ4n) is 3.72. The van der Waals surface area contributed by atoms with Crippen molar-refractivity contribution in [3.05, 3.63) is 107 Å². The lowest BCUT2D eigenvalue weighted by molar-refractivity contribution is 0.0726. The first-order valence-electron chi connectivity index (χ1n) is 10.5. The zero-order valence-corrected chi connectivity index (χ0v) is 18.5. The molecule has 0 unspecified atom stereocenters. The summed E-state index contributed by atoms with van der Waals surface area (Å²) in [6.07, 6.45) is 0. The van der Waals surface area contributed by atoms with Gasteiger partial charge in [-0.2, -0.15) is 0 Å². The van der Waals surface area contributed by atoms with Crippen LogP contribution in [0.15, 0.2) is 83.4 Å². The largest absolute Gasteiger partial charge is 0.497 e. The maximum absolute atomic E-state index is 13.3. The van der Waals surface area contributed by atoms with E-state index in [2.05, 4.69) is 31.1 Å². The maximum Gasteiger partial charge on any atom is 0.254 e. The number of carbonyl (C=O) groups is 1. The van der Waals surface area contributed by atoms with Crippen LogP contribution in [-0.2, 0) is 13.1 Å². The second kappa shape index (κ2) is 9.52. The Labute approximate surface area is 188 Å². The number of benzene rings is 3. The molecule has 4 rings (SSSR count). The molecule has 5 nitrogen and oxygen atoms in total. The van der Waals surface area contributed by atoms with Crippen molar-refractivity contribution in [2.75, 3.05) is 7.11 Å². The second-order valence-electron chi connectivity index (χ2n) is 7.88. The van der Waals surface area contributed by atoms with Crippen molar-refractivity contribution in [3.63, 3.8) is 0 Å². The summed E-state index contributed by atoms with van der Waals surface area (Å²) in [5, 5.41) is 4.25. The lowest BCUT2D eigenvalue weighted by atomic mass is 10.0. The quantitative estimate of drug-likeness (QED) is 0.374. The van der Waals surface area contributed by atoms with Crippen molar-refractivity contribution >= 4 is 5.91 Å². The highest BCUT2D eigenvalue weighted by molar-refractivity contribution is 5.94. The fraction of sp³-hybridized carbons (Fsp3) is 0.185. The van der Waals surface area contributed by atoms with Crippen molar-refractivity contribution < 1.29 is 14.1 Å². The average Bonchev–Trinajstić information content (AvgIpc) is 3.27. The molecule has 0 spiro atoms. The van der Waals surface area contributed by atoms with Gasteiger partial charge in [0.15, 0.2) is 5.76 Å². The van der Waals surface area contributed by atoms with Crippen LogP contribution in [0.4, 0.5) is 0 Å². The van der Waals surface area contributed by atoms with E-state index in [9.17, 15) is 4.79 Å². The summed E-state index contributed by atoms with van der Waals surface area (Å²) in [5.41, 5.74) is 5.68. The molecule has 1 aromatic heterocycles. The van der Waals surface area contributed by atoms with E-state index in [1.807, 2.05) is 42.5 Å². The zero-order chi connectivity index (χ0) is 22.5. The Bertz CT molecular complexity index is 1200. The van der Waals surface area contributed by atoms with E-state index >= 15 is 0 Å². The number of rotatable bonds is 7. The second-order valence-corrected chi connectivity index (χ2v) is 7.88. The molecule has 1 amide bonds. The third-order valence-corrected chi connectivity index (χ3v) is 5.40. The topological polar surface area (TPSA) is 55.6 Å². The number of hydrogen-bond donors (Lipinski definition) is 0. The van der Waals surface area contributed by atoms with Gasteiger partial charge in [0, 0.05) is 23.7 Å². The Kier molecular flexibility index (Phi) is 6.36. The van der Waals surface area contributed by atoms with Crippen molar-refractivity contribution in [1.29, 1.82) is 0 Å². The Morgan fingerprint density at radius 2 is 1.69 bits per heavy atom. The predicted molar refractivity (Wildman–Crippen MR) is 124 cm³/mol. The highest BCUT2D eigenvalue weighted by Crippen LogP contribution is 2.26. The standard InChI is InChI=1S/C27H26N2O3/c1-19-9-14-25(20(2)15-19)26-16-23(28-32-26)18-29(17-21-7-5-4-6-8-21)27(30)22-10-12-24(31-3)13-11-22/h4-16H,17-18H2,1-3H3. The third kappa shape index (κ3) is 4.89. The summed E-state index contributed by atoms with van der Waals surface area (Å²) >= 11 is 0. The van der Waals surface area contributed by atoms with Crippen LogP contribution in [0, 0.1) is 13.8 Å². The van der Waals surface area contributed by atoms with Crippen LogP contribution in [-0.4, -0.2) is 23.1 Å². The van der Waals surface area contributed by atoms with Crippen molar-refractivity contribution in [1.82, 2.24) is 10.1 Å². The Morgan fingerprint density at radius 1 is 0.938 bits per heavy atom. The van der Waals surface area contributed by atoms with Gasteiger partial charge in [-0.1, -0.05) is 59.3 Å². The number of nitrogens with zero attached hydrogens (tertiary/aromatic N) is 2. The van der Waals surface area contributed by atoms with Crippen molar-refractivity contribution in [2.45, 2.75) is 26.9 Å². The van der Waals surface area contributed by atoms with Gasteiger partial charge in [-0.25, -0.2) is 0 Å². The molecular weight excluding hydrogens is 400 g/mol. The van der Waals surface area contributed by atoms with Crippen LogP contribution in [0.25, 0.3) is 11.3 Å². The summed E-state index contributed by atoms with van der Waals surface area (Å²) in [6.45, 7) is 4.93. The van der Waals surface area contributed by atoms with Crippen LogP contribution >= 0.6 is 0 Å². The molecule has 0 aliphatic heterocycles. The number of aryl methyl sites for hydroxylation is 2. The minimum Gasteiger partial charge on any atom is -0.497 e. The first kappa shape index (κ1) is 21.4. The first-order valence-corrected chi connectivity index (χ1v) is 10.5. The smallest absolute Gasteiger partial charge is 0.254 e. The van der Waals surface area contributed by atoms with Gasteiger partial charge in [-0.05, 0) is 49.2 Å². The SMILES string of the molecule is COc1ccc(C(=O)N(Cc2ccccc2)Cc2cc(-c3ccc(C)cc3C)on2)cc1. The van der Waals surface area contributed by atoms with E-state index in [1.54, 1.807) is 36.3 Å². The molecule has 0 aliphatic rings. The molecule has 1 heterocycles. The van der Waals surface area contributed by atoms with Gasteiger partial charge in [0.25, 0.3) is 5.91 Å². The van der Waals surface area contributed by atoms with Crippen LogP contribution in [0.3, 0.4) is 0 Å².